The van der Waals surface area contributed by atoms with Crippen LogP contribution in [0.2, 0.25) is 0 Å². The first kappa shape index (κ1) is 13.6. The van der Waals surface area contributed by atoms with E-state index < -0.39 is 0 Å². The molecule has 4 heteroatoms. The van der Waals surface area contributed by atoms with Crippen LogP contribution in [0.1, 0.15) is 17.5 Å². The van der Waals surface area contributed by atoms with Crippen LogP contribution in [-0.2, 0) is 11.4 Å². The van der Waals surface area contributed by atoms with Gasteiger partial charge in [-0.25, -0.2) is 0 Å². The quantitative estimate of drug-likeness (QED) is 0.880. The second-order valence-corrected chi connectivity index (χ2v) is 5.87. The lowest BCUT2D eigenvalue weighted by molar-refractivity contribution is -0.185. The fraction of sp³-hybridized carbons (Fsp3) is 0.278. The van der Waals surface area contributed by atoms with Gasteiger partial charge in [0.1, 0.15) is 12.3 Å². The van der Waals surface area contributed by atoms with E-state index in [0.29, 0.717) is 6.54 Å². The summed E-state index contributed by atoms with van der Waals surface area (Å²) in [6, 6.07) is 18.7. The van der Waals surface area contributed by atoms with Crippen molar-refractivity contribution in [3.05, 3.63) is 65.7 Å². The van der Waals surface area contributed by atoms with E-state index in [0.717, 1.165) is 30.8 Å². The van der Waals surface area contributed by atoms with Crippen molar-refractivity contribution in [3.8, 4) is 0 Å². The predicted octanol–water partition coefficient (Wildman–Crippen LogP) is 2.84. The second-order valence-electron chi connectivity index (χ2n) is 5.87. The van der Waals surface area contributed by atoms with Crippen LogP contribution in [0.15, 0.2) is 59.7 Å². The monoisotopic (exact) mass is 294 g/mol. The molecule has 0 bridgehead atoms. The molecule has 22 heavy (non-hydrogen) atoms. The summed E-state index contributed by atoms with van der Waals surface area (Å²) in [5.74, 6) is 0. The van der Waals surface area contributed by atoms with Crippen LogP contribution in [0.3, 0.4) is 0 Å². The van der Waals surface area contributed by atoms with Crippen LogP contribution in [0.25, 0.3) is 0 Å². The highest BCUT2D eigenvalue weighted by atomic mass is 16.8. The highest BCUT2D eigenvalue weighted by Crippen LogP contribution is 2.36. The Morgan fingerprint density at radius 2 is 1.91 bits per heavy atom. The Kier molecular flexibility index (Phi) is 3.50. The summed E-state index contributed by atoms with van der Waals surface area (Å²) in [6.07, 6.45) is 3.17. The molecule has 0 radical (unpaired) electrons. The molecule has 0 saturated carbocycles. The fourth-order valence-corrected chi connectivity index (χ4v) is 3.18. The largest absolute Gasteiger partial charge is 0.314 e. The highest BCUT2D eigenvalue weighted by Gasteiger charge is 2.42. The number of quaternary nitrogens is 1. The Labute approximate surface area is 130 Å². The molecule has 0 aliphatic carbocycles. The van der Waals surface area contributed by atoms with Crippen LogP contribution in [-0.4, -0.2) is 25.4 Å². The number of fused-ring (bicyclic) bond motifs is 1. The number of para-hydroxylation sites is 1. The molecule has 4 nitrogen and oxygen atoms in total. The third-order valence-corrected chi connectivity index (χ3v) is 4.27. The molecule has 2 aromatic carbocycles. The topological polar surface area (TPSA) is 33.6 Å². The average molecular weight is 294 g/mol. The van der Waals surface area contributed by atoms with Gasteiger partial charge in [0.15, 0.2) is 6.54 Å². The third kappa shape index (κ3) is 2.46. The summed E-state index contributed by atoms with van der Waals surface area (Å²) in [7, 11) is 0. The lowest BCUT2D eigenvalue weighted by Crippen LogP contribution is -2.45. The fourth-order valence-electron chi connectivity index (χ4n) is 3.18. The van der Waals surface area contributed by atoms with Crippen LogP contribution in [0.5, 0.6) is 0 Å². The molecule has 2 aromatic rings. The molecule has 0 aromatic heterocycles. The first-order valence-corrected chi connectivity index (χ1v) is 7.82. The molecule has 1 unspecified atom stereocenters. The number of hydrogen-bond acceptors (Lipinski definition) is 3. The molecule has 1 N–H and O–H groups in total. The van der Waals surface area contributed by atoms with Crippen molar-refractivity contribution in [2.24, 2.45) is 5.10 Å². The minimum Gasteiger partial charge on any atom is -0.314 e. The number of nitrogens with zero attached hydrogens (tertiary/aromatic N) is 2. The van der Waals surface area contributed by atoms with E-state index in [2.05, 4.69) is 47.8 Å². The van der Waals surface area contributed by atoms with Crippen molar-refractivity contribution in [1.29, 1.82) is 0 Å². The van der Waals surface area contributed by atoms with Crippen molar-refractivity contribution in [1.82, 2.24) is 10.1 Å². The maximum atomic E-state index is 6.47. The van der Waals surface area contributed by atoms with E-state index >= 15 is 0 Å². The Morgan fingerprint density at radius 1 is 1.09 bits per heavy atom. The zero-order valence-electron chi connectivity index (χ0n) is 12.5. The molecule has 1 saturated heterocycles. The van der Waals surface area contributed by atoms with Gasteiger partial charge in [0.2, 0.25) is 5.69 Å². The van der Waals surface area contributed by atoms with E-state index in [4.69, 9.17) is 9.94 Å². The SMILES string of the molecule is C1=N[N+](Cc2ccccc2)(O[C@@H]2CCNC2)c2ccccc21. The van der Waals surface area contributed by atoms with Gasteiger partial charge in [-0.3, -0.25) is 0 Å². The number of hydroxylamine groups is 1. The van der Waals surface area contributed by atoms with Crippen molar-refractivity contribution >= 4 is 11.9 Å². The van der Waals surface area contributed by atoms with E-state index in [1.165, 1.54) is 5.56 Å². The van der Waals surface area contributed by atoms with E-state index in [1.54, 1.807) is 0 Å². The molecule has 4 rings (SSSR count). The van der Waals surface area contributed by atoms with Gasteiger partial charge in [-0.15, -0.1) is 0 Å². The van der Waals surface area contributed by atoms with E-state index in [1.807, 2.05) is 18.3 Å². The summed E-state index contributed by atoms with van der Waals surface area (Å²) < 4.78 is 0.215. The molecule has 2 heterocycles. The summed E-state index contributed by atoms with van der Waals surface area (Å²) in [5, 5.41) is 8.12. The van der Waals surface area contributed by atoms with Gasteiger partial charge in [-0.2, -0.15) is 4.84 Å². The third-order valence-electron chi connectivity index (χ3n) is 4.27. The van der Waals surface area contributed by atoms with Gasteiger partial charge >= 0.3 is 0 Å². The van der Waals surface area contributed by atoms with Crippen LogP contribution in [0.4, 0.5) is 5.69 Å². The average Bonchev–Trinajstić information content (AvgIpc) is 3.18. The van der Waals surface area contributed by atoms with Gasteiger partial charge in [0, 0.05) is 18.2 Å². The van der Waals surface area contributed by atoms with Gasteiger partial charge in [-0.05, 0) is 28.9 Å². The molecule has 2 aliphatic rings. The minimum atomic E-state index is 0.201. The number of hydrogen-bond donors (Lipinski definition) is 1. The van der Waals surface area contributed by atoms with E-state index in [-0.39, 0.29) is 10.9 Å². The molecule has 112 valence electrons. The smallest absolute Gasteiger partial charge is 0.202 e. The summed E-state index contributed by atoms with van der Waals surface area (Å²) in [5.41, 5.74) is 3.49. The van der Waals surface area contributed by atoms with Gasteiger partial charge < -0.3 is 5.32 Å². The van der Waals surface area contributed by atoms with E-state index in [9.17, 15) is 0 Å². The number of benzene rings is 2. The molecule has 2 atom stereocenters. The maximum absolute atomic E-state index is 6.47. The lowest BCUT2D eigenvalue weighted by Gasteiger charge is -2.29. The van der Waals surface area contributed by atoms with Gasteiger partial charge in [0.05, 0.1) is 5.56 Å². The minimum absolute atomic E-state index is 0.201. The Hall–Kier alpha value is -2.01. The number of rotatable bonds is 4. The van der Waals surface area contributed by atoms with Crippen molar-refractivity contribution in [3.63, 3.8) is 0 Å². The Morgan fingerprint density at radius 3 is 2.73 bits per heavy atom. The summed E-state index contributed by atoms with van der Waals surface area (Å²) in [6.45, 7) is 2.62. The standard InChI is InChI=1S/C18H20N3O/c1-2-6-15(7-3-1)14-21(22-17-10-11-19-13-17)18-9-5-4-8-16(18)12-20-21/h1-9,12,17,19H,10-11,13-14H2/q+1/t17-,21?/m1/s1. The Bertz CT molecular complexity index is 680. The number of nitrogens with one attached hydrogen (secondary N) is 1. The molecular weight excluding hydrogens is 274 g/mol. The molecule has 2 aliphatic heterocycles. The Balaban J connectivity index is 1.70. The molecule has 0 spiro atoms. The van der Waals surface area contributed by atoms with Crippen LogP contribution in [0, 0.1) is 0 Å². The molecule has 1 fully saturated rings. The van der Waals surface area contributed by atoms with Crippen LogP contribution < -0.4 is 10.1 Å². The first-order chi connectivity index (χ1) is 10.9. The van der Waals surface area contributed by atoms with Crippen molar-refractivity contribution in [2.75, 3.05) is 13.1 Å². The van der Waals surface area contributed by atoms with Crippen molar-refractivity contribution in [2.45, 2.75) is 19.1 Å². The first-order valence-electron chi connectivity index (χ1n) is 7.82. The predicted molar refractivity (Wildman–Crippen MR) is 88.3 cm³/mol. The summed E-state index contributed by atoms with van der Waals surface area (Å²) >= 11 is 0. The van der Waals surface area contributed by atoms with Crippen LogP contribution >= 0.6 is 0 Å². The zero-order valence-corrected chi connectivity index (χ0v) is 12.5. The van der Waals surface area contributed by atoms with Gasteiger partial charge in [-0.1, -0.05) is 42.5 Å². The normalized spacial score (nSPS) is 26.3. The molecular formula is C18H20N3O+. The lowest BCUT2D eigenvalue weighted by atomic mass is 10.1. The maximum Gasteiger partial charge on any atom is 0.202 e. The zero-order chi connectivity index (χ0) is 14.8. The van der Waals surface area contributed by atoms with Crippen molar-refractivity contribution < 1.29 is 4.84 Å². The summed E-state index contributed by atoms with van der Waals surface area (Å²) in [4.78, 5) is 6.47. The molecule has 0 amide bonds. The van der Waals surface area contributed by atoms with Gasteiger partial charge in [0.25, 0.3) is 0 Å². The highest BCUT2D eigenvalue weighted by molar-refractivity contribution is 5.90. The second kappa shape index (κ2) is 5.65.